The summed E-state index contributed by atoms with van der Waals surface area (Å²) in [7, 11) is 0. The summed E-state index contributed by atoms with van der Waals surface area (Å²) in [6.07, 6.45) is 0. The van der Waals surface area contributed by atoms with E-state index in [1.807, 2.05) is 0 Å². The SMILES string of the molecule is O.O=c1n(Cl)c(=O)n(Cl)c(=O)n1Cl. The minimum atomic E-state index is -1.16. The third-order valence-corrected chi connectivity index (χ3v) is 1.88. The number of hydrogen-bond donors (Lipinski definition) is 0. The summed E-state index contributed by atoms with van der Waals surface area (Å²) in [5, 5.41) is 0. The Bertz CT molecular complexity index is 382. The van der Waals surface area contributed by atoms with Crippen LogP contribution in [0.4, 0.5) is 0 Å². The maximum absolute atomic E-state index is 10.8. The van der Waals surface area contributed by atoms with Gasteiger partial charge in [0.2, 0.25) is 0 Å². The Hall–Kier alpha value is -0.760. The predicted octanol–water partition coefficient (Wildman–Crippen LogP) is -1.65. The molecule has 0 saturated carbocycles. The summed E-state index contributed by atoms with van der Waals surface area (Å²) >= 11 is 15.3. The Kier molecular flexibility index (Phi) is 3.73. The fourth-order valence-electron chi connectivity index (χ4n) is 0.477. The van der Waals surface area contributed by atoms with Crippen molar-refractivity contribution in [1.82, 2.24) is 12.3 Å². The van der Waals surface area contributed by atoms with Gasteiger partial charge in [-0.1, -0.05) is 0 Å². The van der Waals surface area contributed by atoms with E-state index in [0.29, 0.717) is 0 Å². The maximum atomic E-state index is 10.8. The van der Waals surface area contributed by atoms with Gasteiger partial charge in [0.25, 0.3) is 0 Å². The molecule has 0 aliphatic heterocycles. The van der Waals surface area contributed by atoms with Crippen LogP contribution >= 0.6 is 35.3 Å². The van der Waals surface area contributed by atoms with Gasteiger partial charge in [0, 0.05) is 35.3 Å². The zero-order valence-corrected chi connectivity index (χ0v) is 7.97. The number of aromatic nitrogens is 3. The molecule has 0 saturated heterocycles. The summed E-state index contributed by atoms with van der Waals surface area (Å²) in [5.41, 5.74) is -3.49. The van der Waals surface area contributed by atoms with Crippen LogP contribution in [0, 0.1) is 0 Å². The molecule has 0 aliphatic carbocycles. The first kappa shape index (κ1) is 12.2. The van der Waals surface area contributed by atoms with E-state index < -0.39 is 17.1 Å². The highest BCUT2D eigenvalue weighted by Crippen LogP contribution is 1.78. The van der Waals surface area contributed by atoms with E-state index in [4.69, 9.17) is 35.3 Å². The van der Waals surface area contributed by atoms with Crippen LogP contribution in [0.5, 0.6) is 0 Å². The average molecular weight is 250 g/mol. The normalized spacial score (nSPS) is 9.46. The van der Waals surface area contributed by atoms with Crippen molar-refractivity contribution in [2.75, 3.05) is 0 Å². The van der Waals surface area contributed by atoms with Crippen molar-refractivity contribution in [3.8, 4) is 0 Å². The molecule has 0 amide bonds. The largest absolute Gasteiger partial charge is 0.412 e. The molecule has 0 aliphatic rings. The standard InChI is InChI=1S/C3Cl3N3O3.H2O/c4-7-1(10)8(5)3(12)9(6)2(7)11;/h;1H2. The fraction of sp³-hybridized carbons (Fsp3) is 0. The maximum Gasteiger partial charge on any atom is 0.366 e. The monoisotopic (exact) mass is 249 g/mol. The van der Waals surface area contributed by atoms with Crippen molar-refractivity contribution < 1.29 is 5.48 Å². The lowest BCUT2D eigenvalue weighted by molar-refractivity contribution is 0.770. The summed E-state index contributed by atoms with van der Waals surface area (Å²) in [6.45, 7) is 0. The zero-order chi connectivity index (χ0) is 9.46. The van der Waals surface area contributed by atoms with Crippen molar-refractivity contribution >= 4 is 35.3 Å². The molecule has 0 radical (unpaired) electrons. The number of hydrogen-bond acceptors (Lipinski definition) is 3. The van der Waals surface area contributed by atoms with Gasteiger partial charge in [-0.15, -0.1) is 12.3 Å². The minimum absolute atomic E-state index is 0. The van der Waals surface area contributed by atoms with Gasteiger partial charge < -0.3 is 5.48 Å². The predicted molar refractivity (Wildman–Crippen MR) is 46.6 cm³/mol. The Labute approximate surface area is 84.9 Å². The summed E-state index contributed by atoms with van der Waals surface area (Å²) < 4.78 is 0.254. The molecular weight excluding hydrogens is 248 g/mol. The van der Waals surface area contributed by atoms with E-state index in [0.717, 1.165) is 0 Å². The molecule has 1 aromatic rings. The molecule has 0 unspecified atom stereocenters. The highest BCUT2D eigenvalue weighted by atomic mass is 35.5. The third-order valence-electron chi connectivity index (χ3n) is 1.01. The van der Waals surface area contributed by atoms with Crippen LogP contribution in [-0.4, -0.2) is 17.7 Å². The van der Waals surface area contributed by atoms with Crippen LogP contribution in [-0.2, 0) is 0 Å². The first-order chi connectivity index (χ1) is 5.46. The van der Waals surface area contributed by atoms with E-state index in [1.54, 1.807) is 0 Å². The third kappa shape index (κ3) is 1.78. The lowest BCUT2D eigenvalue weighted by Gasteiger charge is -1.96. The van der Waals surface area contributed by atoms with Gasteiger partial charge in [0.05, 0.1) is 0 Å². The lowest BCUT2D eigenvalue weighted by Crippen LogP contribution is -2.47. The van der Waals surface area contributed by atoms with Crippen molar-refractivity contribution in [3.63, 3.8) is 0 Å². The summed E-state index contributed by atoms with van der Waals surface area (Å²) in [6, 6.07) is 0. The number of rotatable bonds is 0. The van der Waals surface area contributed by atoms with E-state index in [2.05, 4.69) is 0 Å². The number of halogens is 3. The van der Waals surface area contributed by atoms with Crippen LogP contribution in [0.15, 0.2) is 14.4 Å². The minimum Gasteiger partial charge on any atom is -0.412 e. The molecule has 13 heavy (non-hydrogen) atoms. The first-order valence-corrected chi connectivity index (χ1v) is 3.48. The molecule has 2 N–H and O–H groups in total. The van der Waals surface area contributed by atoms with E-state index in [1.165, 1.54) is 0 Å². The van der Waals surface area contributed by atoms with Gasteiger partial charge in [0.1, 0.15) is 0 Å². The molecule has 0 bridgehead atoms. The lowest BCUT2D eigenvalue weighted by atomic mass is 11.0. The van der Waals surface area contributed by atoms with Crippen LogP contribution in [0.25, 0.3) is 0 Å². The highest BCUT2D eigenvalue weighted by molar-refractivity contribution is 6.19. The van der Waals surface area contributed by atoms with Gasteiger partial charge in [-0.25, -0.2) is 14.4 Å². The Morgan fingerprint density at radius 3 is 1.00 bits per heavy atom. The first-order valence-electron chi connectivity index (χ1n) is 2.46. The fourth-order valence-corrected chi connectivity index (χ4v) is 1.05. The van der Waals surface area contributed by atoms with Crippen LogP contribution in [0.3, 0.4) is 0 Å². The number of nitrogens with zero attached hydrogens (tertiary/aromatic N) is 3. The Morgan fingerprint density at radius 1 is 0.692 bits per heavy atom. The molecule has 74 valence electrons. The van der Waals surface area contributed by atoms with Gasteiger partial charge in [-0.2, -0.15) is 0 Å². The summed E-state index contributed by atoms with van der Waals surface area (Å²) in [4.78, 5) is 32.3. The smallest absolute Gasteiger partial charge is 0.366 e. The van der Waals surface area contributed by atoms with Crippen LogP contribution < -0.4 is 17.1 Å². The van der Waals surface area contributed by atoms with Gasteiger partial charge in [-0.05, 0) is 0 Å². The molecular formula is C3H2Cl3N3O4. The Morgan fingerprint density at radius 2 is 0.846 bits per heavy atom. The van der Waals surface area contributed by atoms with Crippen molar-refractivity contribution in [2.24, 2.45) is 0 Å². The van der Waals surface area contributed by atoms with Crippen molar-refractivity contribution in [2.45, 2.75) is 0 Å². The van der Waals surface area contributed by atoms with E-state index in [-0.39, 0.29) is 17.7 Å². The molecule has 1 aromatic heterocycles. The topological polar surface area (TPSA) is 97.5 Å². The van der Waals surface area contributed by atoms with Gasteiger partial charge in [-0.3, -0.25) is 0 Å². The molecule has 10 heteroatoms. The average Bonchev–Trinajstić information content (AvgIpc) is 2.08. The molecule has 1 heterocycles. The second kappa shape index (κ2) is 3.97. The van der Waals surface area contributed by atoms with Gasteiger partial charge in [0.15, 0.2) is 0 Å². The molecule has 0 atom stereocenters. The Balaban J connectivity index is 0.00000144. The zero-order valence-electron chi connectivity index (χ0n) is 5.70. The van der Waals surface area contributed by atoms with E-state index >= 15 is 0 Å². The van der Waals surface area contributed by atoms with Crippen LogP contribution in [0.1, 0.15) is 0 Å². The molecule has 0 aromatic carbocycles. The highest BCUT2D eigenvalue weighted by Gasteiger charge is 2.10. The summed E-state index contributed by atoms with van der Waals surface area (Å²) in [5.74, 6) is 0. The second-order valence-corrected chi connectivity index (χ2v) is 2.70. The van der Waals surface area contributed by atoms with Gasteiger partial charge >= 0.3 is 17.1 Å². The van der Waals surface area contributed by atoms with Crippen LogP contribution in [0.2, 0.25) is 0 Å². The second-order valence-electron chi connectivity index (χ2n) is 1.69. The molecule has 0 spiro atoms. The van der Waals surface area contributed by atoms with Crippen molar-refractivity contribution in [3.05, 3.63) is 31.5 Å². The molecule has 7 nitrogen and oxygen atoms in total. The molecule has 1 rings (SSSR count). The van der Waals surface area contributed by atoms with Crippen molar-refractivity contribution in [1.29, 1.82) is 0 Å². The quantitative estimate of drug-likeness (QED) is 0.552. The van der Waals surface area contributed by atoms with E-state index in [9.17, 15) is 14.4 Å². The molecule has 0 fully saturated rings.